The van der Waals surface area contributed by atoms with Gasteiger partial charge in [0.2, 0.25) is 0 Å². The zero-order valence-corrected chi connectivity index (χ0v) is 10.4. The lowest BCUT2D eigenvalue weighted by Gasteiger charge is -2.08. The van der Waals surface area contributed by atoms with Crippen molar-refractivity contribution >= 4 is 16.9 Å². The number of carbonyl (C=O) groups excluding carboxylic acids is 1. The van der Waals surface area contributed by atoms with Gasteiger partial charge in [-0.3, -0.25) is 4.98 Å². The van der Waals surface area contributed by atoms with Gasteiger partial charge in [0.15, 0.2) is 6.61 Å². The standard InChI is InChI=1S/C14H12N2O3/c1-2-18-14(17)9-19-13-6-5-12-10(11(13)8-15)4-3-7-16-12/h3-7H,2,9H2,1H3. The van der Waals surface area contributed by atoms with Gasteiger partial charge >= 0.3 is 5.97 Å². The Morgan fingerprint density at radius 1 is 1.42 bits per heavy atom. The van der Waals surface area contributed by atoms with E-state index < -0.39 is 5.97 Å². The quantitative estimate of drug-likeness (QED) is 0.783. The summed E-state index contributed by atoms with van der Waals surface area (Å²) >= 11 is 0. The first-order chi connectivity index (χ1) is 9.26. The van der Waals surface area contributed by atoms with Gasteiger partial charge in [-0.1, -0.05) is 0 Å². The van der Waals surface area contributed by atoms with E-state index in [2.05, 4.69) is 11.1 Å². The van der Waals surface area contributed by atoms with E-state index in [9.17, 15) is 10.1 Å². The molecule has 5 nitrogen and oxygen atoms in total. The minimum absolute atomic E-state index is 0.214. The lowest BCUT2D eigenvalue weighted by atomic mass is 10.1. The average molecular weight is 256 g/mol. The van der Waals surface area contributed by atoms with E-state index in [0.29, 0.717) is 28.8 Å². The number of hydrogen-bond donors (Lipinski definition) is 0. The Balaban J connectivity index is 2.29. The number of fused-ring (bicyclic) bond motifs is 1. The topological polar surface area (TPSA) is 72.2 Å². The Bertz CT molecular complexity index is 647. The Hall–Kier alpha value is -2.61. The first-order valence-electron chi connectivity index (χ1n) is 5.82. The summed E-state index contributed by atoms with van der Waals surface area (Å²) < 4.78 is 10.1. The lowest BCUT2D eigenvalue weighted by molar-refractivity contribution is -0.145. The molecule has 96 valence electrons. The summed E-state index contributed by atoms with van der Waals surface area (Å²) in [6, 6.07) is 8.99. The van der Waals surface area contributed by atoms with E-state index >= 15 is 0 Å². The second-order valence-electron chi connectivity index (χ2n) is 3.71. The third kappa shape index (κ3) is 2.80. The predicted octanol–water partition coefficient (Wildman–Crippen LogP) is 2.05. The van der Waals surface area contributed by atoms with Gasteiger partial charge in [0.1, 0.15) is 17.4 Å². The number of benzene rings is 1. The van der Waals surface area contributed by atoms with Gasteiger partial charge in [0.05, 0.1) is 12.1 Å². The van der Waals surface area contributed by atoms with E-state index in [4.69, 9.17) is 9.47 Å². The first kappa shape index (κ1) is 12.8. The molecule has 0 radical (unpaired) electrons. The molecule has 0 atom stereocenters. The van der Waals surface area contributed by atoms with Gasteiger partial charge in [-0.25, -0.2) is 4.79 Å². The Kier molecular flexibility index (Phi) is 3.94. The molecule has 0 aliphatic carbocycles. The maximum absolute atomic E-state index is 11.2. The van der Waals surface area contributed by atoms with Gasteiger partial charge in [-0.15, -0.1) is 0 Å². The van der Waals surface area contributed by atoms with Crippen LogP contribution in [0.4, 0.5) is 0 Å². The van der Waals surface area contributed by atoms with Crippen LogP contribution in [0.1, 0.15) is 12.5 Å². The van der Waals surface area contributed by atoms with Crippen molar-refractivity contribution in [2.24, 2.45) is 0 Å². The highest BCUT2D eigenvalue weighted by Gasteiger charge is 2.11. The third-order valence-corrected chi connectivity index (χ3v) is 2.51. The van der Waals surface area contributed by atoms with Crippen LogP contribution in [-0.2, 0) is 9.53 Å². The van der Waals surface area contributed by atoms with Gasteiger partial charge in [-0.05, 0) is 31.2 Å². The molecule has 1 heterocycles. The molecule has 0 aliphatic rings. The number of pyridine rings is 1. The van der Waals surface area contributed by atoms with E-state index in [1.165, 1.54) is 0 Å². The molecule has 0 bridgehead atoms. The van der Waals surface area contributed by atoms with Crippen LogP contribution in [0.3, 0.4) is 0 Å². The number of aromatic nitrogens is 1. The van der Waals surface area contributed by atoms with Crippen LogP contribution in [0.15, 0.2) is 30.5 Å². The normalized spacial score (nSPS) is 9.89. The highest BCUT2D eigenvalue weighted by atomic mass is 16.6. The van der Waals surface area contributed by atoms with Crippen LogP contribution >= 0.6 is 0 Å². The fraction of sp³-hybridized carbons (Fsp3) is 0.214. The largest absolute Gasteiger partial charge is 0.480 e. The first-order valence-corrected chi connectivity index (χ1v) is 5.82. The number of rotatable bonds is 4. The van der Waals surface area contributed by atoms with Crippen molar-refractivity contribution in [3.63, 3.8) is 0 Å². The number of carbonyl (C=O) groups is 1. The van der Waals surface area contributed by atoms with E-state index in [1.54, 1.807) is 37.4 Å². The highest BCUT2D eigenvalue weighted by Crippen LogP contribution is 2.26. The molecule has 0 aliphatic heterocycles. The molecule has 1 aromatic carbocycles. The molecule has 2 rings (SSSR count). The minimum atomic E-state index is -0.460. The maximum atomic E-state index is 11.2. The van der Waals surface area contributed by atoms with Gasteiger partial charge < -0.3 is 9.47 Å². The third-order valence-electron chi connectivity index (χ3n) is 2.51. The fourth-order valence-electron chi connectivity index (χ4n) is 1.71. The molecule has 0 amide bonds. The monoisotopic (exact) mass is 256 g/mol. The Labute approximate surface area is 110 Å². The fourth-order valence-corrected chi connectivity index (χ4v) is 1.71. The second-order valence-corrected chi connectivity index (χ2v) is 3.71. The molecule has 0 saturated heterocycles. The van der Waals surface area contributed by atoms with Crippen molar-refractivity contribution in [1.82, 2.24) is 4.98 Å². The Morgan fingerprint density at radius 3 is 3.00 bits per heavy atom. The summed E-state index contributed by atoms with van der Waals surface area (Å²) in [6.45, 7) is 1.81. The lowest BCUT2D eigenvalue weighted by Crippen LogP contribution is -2.15. The number of nitriles is 1. The predicted molar refractivity (Wildman–Crippen MR) is 68.6 cm³/mol. The molecule has 1 aromatic heterocycles. The summed E-state index contributed by atoms with van der Waals surface area (Å²) in [5.74, 6) is -0.103. The van der Waals surface area contributed by atoms with Crippen LogP contribution in [0.5, 0.6) is 5.75 Å². The molecular weight excluding hydrogens is 244 g/mol. The molecule has 0 unspecified atom stereocenters. The summed E-state index contributed by atoms with van der Waals surface area (Å²) in [4.78, 5) is 15.4. The van der Waals surface area contributed by atoms with Gasteiger partial charge in [0.25, 0.3) is 0 Å². The van der Waals surface area contributed by atoms with E-state index in [1.807, 2.05) is 0 Å². The van der Waals surface area contributed by atoms with Crippen LogP contribution in [0, 0.1) is 11.3 Å². The van der Waals surface area contributed by atoms with Crippen molar-refractivity contribution < 1.29 is 14.3 Å². The van der Waals surface area contributed by atoms with Crippen LogP contribution in [0.25, 0.3) is 10.9 Å². The highest BCUT2D eigenvalue weighted by molar-refractivity contribution is 5.87. The Morgan fingerprint density at radius 2 is 2.26 bits per heavy atom. The van der Waals surface area contributed by atoms with Crippen molar-refractivity contribution in [2.75, 3.05) is 13.2 Å². The van der Waals surface area contributed by atoms with Crippen molar-refractivity contribution in [1.29, 1.82) is 5.26 Å². The van der Waals surface area contributed by atoms with Crippen LogP contribution in [-0.4, -0.2) is 24.2 Å². The molecule has 0 saturated carbocycles. The van der Waals surface area contributed by atoms with Crippen molar-refractivity contribution in [3.05, 3.63) is 36.0 Å². The molecule has 2 aromatic rings. The summed E-state index contributed by atoms with van der Waals surface area (Å²) in [7, 11) is 0. The summed E-state index contributed by atoms with van der Waals surface area (Å²) in [5, 5.41) is 9.91. The molecule has 19 heavy (non-hydrogen) atoms. The smallest absolute Gasteiger partial charge is 0.344 e. The van der Waals surface area contributed by atoms with Gasteiger partial charge in [0, 0.05) is 11.6 Å². The number of esters is 1. The van der Waals surface area contributed by atoms with Crippen molar-refractivity contribution in [3.8, 4) is 11.8 Å². The SMILES string of the molecule is CCOC(=O)COc1ccc2ncccc2c1C#N. The molecule has 0 fully saturated rings. The summed E-state index contributed by atoms with van der Waals surface area (Å²) in [6.07, 6.45) is 1.66. The average Bonchev–Trinajstić information content (AvgIpc) is 2.44. The minimum Gasteiger partial charge on any atom is -0.480 e. The molecule has 5 heteroatoms. The van der Waals surface area contributed by atoms with Crippen molar-refractivity contribution in [2.45, 2.75) is 6.92 Å². The summed E-state index contributed by atoms with van der Waals surface area (Å²) in [5.41, 5.74) is 1.08. The number of ether oxygens (including phenoxy) is 2. The van der Waals surface area contributed by atoms with Crippen LogP contribution in [0.2, 0.25) is 0 Å². The number of hydrogen-bond acceptors (Lipinski definition) is 5. The maximum Gasteiger partial charge on any atom is 0.344 e. The molecule has 0 N–H and O–H groups in total. The molecular formula is C14H12N2O3. The zero-order chi connectivity index (χ0) is 13.7. The molecule has 0 spiro atoms. The van der Waals surface area contributed by atoms with E-state index in [-0.39, 0.29) is 6.61 Å². The zero-order valence-electron chi connectivity index (χ0n) is 10.4. The number of nitrogens with zero attached hydrogens (tertiary/aromatic N) is 2. The van der Waals surface area contributed by atoms with Gasteiger partial charge in [-0.2, -0.15) is 5.26 Å². The van der Waals surface area contributed by atoms with E-state index in [0.717, 1.165) is 0 Å². The van der Waals surface area contributed by atoms with Crippen LogP contribution < -0.4 is 4.74 Å². The second kappa shape index (κ2) is 5.83.